The van der Waals surface area contributed by atoms with E-state index in [1.54, 1.807) is 0 Å². The summed E-state index contributed by atoms with van der Waals surface area (Å²) >= 11 is 0. The first-order valence-electron chi connectivity index (χ1n) is 13.6. The highest BCUT2D eigenvalue weighted by Gasteiger charge is 2.05. The van der Waals surface area contributed by atoms with Crippen LogP contribution in [0.25, 0.3) is 0 Å². The predicted octanol–water partition coefficient (Wildman–Crippen LogP) is 5.83. The van der Waals surface area contributed by atoms with Gasteiger partial charge in [-0.3, -0.25) is 4.79 Å². The van der Waals surface area contributed by atoms with Crippen LogP contribution in [0, 0.1) is 0 Å². The van der Waals surface area contributed by atoms with Crippen LogP contribution in [0.2, 0.25) is 0 Å². The molecule has 0 fully saturated rings. The first-order chi connectivity index (χ1) is 15.2. The number of carbonyl (C=O) groups is 1. The summed E-state index contributed by atoms with van der Waals surface area (Å²) in [5, 5.41) is 15.0. The molecule has 5 nitrogen and oxygen atoms in total. The summed E-state index contributed by atoms with van der Waals surface area (Å²) in [6, 6.07) is 0. The average molecular weight is 442 g/mol. The molecule has 0 aliphatic carbocycles. The van der Waals surface area contributed by atoms with Crippen LogP contribution in [-0.2, 0) is 4.79 Å². The van der Waals surface area contributed by atoms with Crippen molar-refractivity contribution in [1.82, 2.24) is 15.5 Å². The minimum absolute atomic E-state index is 0.0463. The van der Waals surface area contributed by atoms with Gasteiger partial charge in [-0.25, -0.2) is 0 Å². The molecule has 0 heterocycles. The molecule has 0 aliphatic rings. The smallest absolute Gasteiger partial charge is 0.317 e. The van der Waals surface area contributed by atoms with Gasteiger partial charge in [0.05, 0.1) is 6.54 Å². The molecule has 0 radical (unpaired) electrons. The van der Waals surface area contributed by atoms with Gasteiger partial charge in [0.25, 0.3) is 0 Å². The van der Waals surface area contributed by atoms with E-state index in [0.29, 0.717) is 6.54 Å². The maximum atomic E-state index is 10.5. The highest BCUT2D eigenvalue weighted by atomic mass is 16.4. The third kappa shape index (κ3) is 25.5. The summed E-state index contributed by atoms with van der Waals surface area (Å²) < 4.78 is 0. The Morgan fingerprint density at radius 1 is 0.581 bits per heavy atom. The summed E-state index contributed by atoms with van der Waals surface area (Å²) in [4.78, 5) is 13.2. The second-order valence-corrected chi connectivity index (χ2v) is 9.11. The summed E-state index contributed by atoms with van der Waals surface area (Å²) in [6.45, 7) is 10.7. The highest BCUT2D eigenvalue weighted by molar-refractivity contribution is 5.68. The number of aliphatic carboxylic acids is 1. The maximum absolute atomic E-state index is 10.5. The van der Waals surface area contributed by atoms with Crippen LogP contribution in [0.4, 0.5) is 0 Å². The Bertz CT molecular complexity index is 347. The van der Waals surface area contributed by atoms with E-state index in [4.69, 9.17) is 5.11 Å². The second kappa shape index (κ2) is 25.6. The van der Waals surface area contributed by atoms with E-state index >= 15 is 0 Å². The van der Waals surface area contributed by atoms with Crippen LogP contribution in [0.3, 0.4) is 0 Å². The lowest BCUT2D eigenvalue weighted by molar-refractivity contribution is -0.135. The van der Waals surface area contributed by atoms with Crippen molar-refractivity contribution in [3.8, 4) is 0 Å². The number of rotatable bonds is 26. The molecule has 0 aliphatic heterocycles. The molecule has 0 rings (SSSR count). The van der Waals surface area contributed by atoms with Crippen molar-refractivity contribution >= 4 is 5.97 Å². The topological polar surface area (TPSA) is 64.6 Å². The summed E-state index contributed by atoms with van der Waals surface area (Å²) in [5.74, 6) is -0.790. The Kier molecular flexibility index (Phi) is 25.1. The summed E-state index contributed by atoms with van der Waals surface area (Å²) in [7, 11) is 0. The molecule has 0 unspecified atom stereocenters. The van der Waals surface area contributed by atoms with Crippen molar-refractivity contribution in [2.24, 2.45) is 0 Å². The molecule has 5 heteroatoms. The molecule has 0 bridgehead atoms. The zero-order chi connectivity index (χ0) is 22.8. The zero-order valence-electron chi connectivity index (χ0n) is 21.1. The van der Waals surface area contributed by atoms with Crippen molar-refractivity contribution in [3.63, 3.8) is 0 Å². The minimum Gasteiger partial charge on any atom is -0.480 e. The normalized spacial score (nSPS) is 11.5. The Hall–Kier alpha value is -0.650. The lowest BCUT2D eigenvalue weighted by Gasteiger charge is -2.22. The SMILES string of the molecule is CCCCCCCCCCN(CCCCCCCCCC)CCNCCNCC(=O)O. The number of carboxylic acid groups (broad SMARTS) is 1. The van der Waals surface area contributed by atoms with Gasteiger partial charge >= 0.3 is 5.97 Å². The zero-order valence-corrected chi connectivity index (χ0v) is 21.1. The fraction of sp³-hybridized carbons (Fsp3) is 0.962. The van der Waals surface area contributed by atoms with Crippen LogP contribution >= 0.6 is 0 Å². The van der Waals surface area contributed by atoms with Crippen LogP contribution in [0.15, 0.2) is 0 Å². The number of carboxylic acids is 1. The van der Waals surface area contributed by atoms with Crippen LogP contribution in [0.5, 0.6) is 0 Å². The van der Waals surface area contributed by atoms with Gasteiger partial charge in [-0.15, -0.1) is 0 Å². The van der Waals surface area contributed by atoms with Gasteiger partial charge in [0.1, 0.15) is 0 Å². The number of nitrogens with one attached hydrogen (secondary N) is 2. The molecule has 0 aromatic heterocycles. The van der Waals surface area contributed by atoms with Gasteiger partial charge in [0, 0.05) is 26.2 Å². The lowest BCUT2D eigenvalue weighted by Crippen LogP contribution is -2.37. The van der Waals surface area contributed by atoms with E-state index in [2.05, 4.69) is 29.4 Å². The van der Waals surface area contributed by atoms with Gasteiger partial charge < -0.3 is 20.6 Å². The average Bonchev–Trinajstić information content (AvgIpc) is 2.75. The predicted molar refractivity (Wildman–Crippen MR) is 135 cm³/mol. The van der Waals surface area contributed by atoms with Gasteiger partial charge in [-0.1, -0.05) is 104 Å². The first kappa shape index (κ1) is 30.4. The second-order valence-electron chi connectivity index (χ2n) is 9.11. The van der Waals surface area contributed by atoms with Gasteiger partial charge in [-0.05, 0) is 25.9 Å². The molecular weight excluding hydrogens is 386 g/mol. The fourth-order valence-corrected chi connectivity index (χ4v) is 4.01. The van der Waals surface area contributed by atoms with Crippen LogP contribution in [0.1, 0.15) is 117 Å². The van der Waals surface area contributed by atoms with Gasteiger partial charge in [-0.2, -0.15) is 0 Å². The number of unbranched alkanes of at least 4 members (excludes halogenated alkanes) is 14. The summed E-state index contributed by atoms with van der Waals surface area (Å²) in [5.41, 5.74) is 0. The molecule has 0 spiro atoms. The first-order valence-corrected chi connectivity index (χ1v) is 13.6. The number of nitrogens with zero attached hydrogens (tertiary/aromatic N) is 1. The highest BCUT2D eigenvalue weighted by Crippen LogP contribution is 2.11. The fourth-order valence-electron chi connectivity index (χ4n) is 4.01. The molecule has 0 amide bonds. The molecule has 186 valence electrons. The molecule has 0 saturated heterocycles. The quantitative estimate of drug-likeness (QED) is 0.147. The third-order valence-electron chi connectivity index (χ3n) is 6.02. The molecule has 0 saturated carbocycles. The van der Waals surface area contributed by atoms with Gasteiger partial charge in [0.15, 0.2) is 0 Å². The standard InChI is InChI=1S/C26H55N3O2/c1-3-5-7-9-11-13-15-17-22-29(23-18-16-14-12-10-8-6-4-2)24-21-27-19-20-28-25-26(30)31/h27-28H,3-25H2,1-2H3,(H,30,31). The molecule has 0 atom stereocenters. The Morgan fingerprint density at radius 2 is 1.00 bits per heavy atom. The van der Waals surface area contributed by atoms with Crippen molar-refractivity contribution in [1.29, 1.82) is 0 Å². The molecule has 0 aromatic rings. The third-order valence-corrected chi connectivity index (χ3v) is 6.02. The van der Waals surface area contributed by atoms with Crippen LogP contribution < -0.4 is 10.6 Å². The van der Waals surface area contributed by atoms with E-state index < -0.39 is 5.97 Å². The van der Waals surface area contributed by atoms with E-state index in [9.17, 15) is 4.79 Å². The number of hydrogen-bond donors (Lipinski definition) is 3. The minimum atomic E-state index is -0.790. The largest absolute Gasteiger partial charge is 0.480 e. The van der Waals surface area contributed by atoms with E-state index in [-0.39, 0.29) is 6.54 Å². The van der Waals surface area contributed by atoms with E-state index in [0.717, 1.165) is 19.6 Å². The van der Waals surface area contributed by atoms with E-state index in [1.807, 2.05) is 0 Å². The van der Waals surface area contributed by atoms with E-state index in [1.165, 1.54) is 116 Å². The van der Waals surface area contributed by atoms with Crippen molar-refractivity contribution in [2.45, 2.75) is 117 Å². The molecular formula is C26H55N3O2. The van der Waals surface area contributed by atoms with Crippen molar-refractivity contribution in [2.75, 3.05) is 45.8 Å². The Balaban J connectivity index is 3.86. The Labute approximate surface area is 194 Å². The maximum Gasteiger partial charge on any atom is 0.317 e. The molecule has 3 N–H and O–H groups in total. The molecule has 31 heavy (non-hydrogen) atoms. The van der Waals surface area contributed by atoms with Crippen molar-refractivity contribution < 1.29 is 9.90 Å². The Morgan fingerprint density at radius 3 is 1.45 bits per heavy atom. The summed E-state index contributed by atoms with van der Waals surface area (Å²) in [6.07, 6.45) is 22.1. The number of hydrogen-bond acceptors (Lipinski definition) is 4. The van der Waals surface area contributed by atoms with Gasteiger partial charge in [0.2, 0.25) is 0 Å². The van der Waals surface area contributed by atoms with Crippen molar-refractivity contribution in [3.05, 3.63) is 0 Å². The lowest BCUT2D eigenvalue weighted by atomic mass is 10.1. The molecule has 0 aromatic carbocycles. The van der Waals surface area contributed by atoms with Crippen LogP contribution in [-0.4, -0.2) is 61.8 Å². The monoisotopic (exact) mass is 441 g/mol.